The standard InChI is InChI=1S/C36H44F5N3O6/c1-17-26-16-44(29(17)18(2)45)32(46)30(34(3,4)5)43-33(47)50-25-14-19-13-23(19)21(25)9-7-8-12-35(37,38)28-27(36(39,40)41)22-11-10-20(48-6)15-24(22)42-31(28)49-26/h10-11,15,17,19,21,23,25-26,29-30H,7-9,12-14,16H2,1-6H3,(H,43,47)/t17?,19?,21-,23?,25-,26+,29+,30-/m1/s1. The minimum Gasteiger partial charge on any atom is -0.497 e. The Labute approximate surface area is 287 Å². The summed E-state index contributed by atoms with van der Waals surface area (Å²) in [5.41, 5.74) is -4.05. The lowest BCUT2D eigenvalue weighted by atomic mass is 9.85. The van der Waals surface area contributed by atoms with Gasteiger partial charge in [-0.15, -0.1) is 0 Å². The van der Waals surface area contributed by atoms with Crippen LogP contribution in [0, 0.1) is 29.1 Å². The maximum Gasteiger partial charge on any atom is 0.417 e. The molecule has 14 heteroatoms. The number of amides is 2. The van der Waals surface area contributed by atoms with E-state index in [0.717, 1.165) is 12.5 Å². The van der Waals surface area contributed by atoms with Gasteiger partial charge in [0.2, 0.25) is 11.8 Å². The first-order valence-electron chi connectivity index (χ1n) is 17.2. The molecule has 1 N–H and O–H groups in total. The van der Waals surface area contributed by atoms with Crippen LogP contribution in [0.3, 0.4) is 0 Å². The Bertz CT molecular complexity index is 1680. The van der Waals surface area contributed by atoms with Crippen molar-refractivity contribution >= 4 is 28.7 Å². The van der Waals surface area contributed by atoms with E-state index in [9.17, 15) is 27.6 Å². The van der Waals surface area contributed by atoms with Gasteiger partial charge in [-0.1, -0.05) is 34.1 Å². The third kappa shape index (κ3) is 6.70. The summed E-state index contributed by atoms with van der Waals surface area (Å²) < 4.78 is 94.9. The second kappa shape index (κ2) is 12.8. The first kappa shape index (κ1) is 36.1. The van der Waals surface area contributed by atoms with Crippen LogP contribution in [0.5, 0.6) is 11.6 Å². The molecule has 2 aliphatic carbocycles. The number of carbonyl (C=O) groups excluding carboxylic acids is 3. The Morgan fingerprint density at radius 3 is 2.42 bits per heavy atom. The Hall–Kier alpha value is -3.71. The van der Waals surface area contributed by atoms with Crippen LogP contribution >= 0.6 is 0 Å². The topological polar surface area (TPSA) is 107 Å². The summed E-state index contributed by atoms with van der Waals surface area (Å²) in [6.07, 6.45) is -6.39. The molecular weight excluding hydrogens is 665 g/mol. The minimum absolute atomic E-state index is 0.0914. The summed E-state index contributed by atoms with van der Waals surface area (Å²) in [4.78, 5) is 46.1. The number of rotatable bonds is 2. The van der Waals surface area contributed by atoms with Gasteiger partial charge >= 0.3 is 12.3 Å². The molecule has 2 saturated carbocycles. The predicted molar refractivity (Wildman–Crippen MR) is 172 cm³/mol. The van der Waals surface area contributed by atoms with E-state index in [4.69, 9.17) is 14.2 Å². The highest BCUT2D eigenvalue weighted by atomic mass is 19.4. The summed E-state index contributed by atoms with van der Waals surface area (Å²) in [7, 11) is 1.31. The monoisotopic (exact) mass is 709 g/mol. The summed E-state index contributed by atoms with van der Waals surface area (Å²) in [6, 6.07) is 1.26. The highest BCUT2D eigenvalue weighted by Crippen LogP contribution is 2.58. The van der Waals surface area contributed by atoms with Crippen LogP contribution in [0.25, 0.3) is 10.9 Å². The zero-order valence-electron chi connectivity index (χ0n) is 29.0. The number of hydrogen-bond donors (Lipinski definition) is 1. The summed E-state index contributed by atoms with van der Waals surface area (Å²) in [6.45, 7) is 7.73. The number of benzene rings is 1. The molecular formula is C36H44F5N3O6. The van der Waals surface area contributed by atoms with E-state index in [1.807, 2.05) is 0 Å². The fourth-order valence-corrected chi connectivity index (χ4v) is 8.44. The van der Waals surface area contributed by atoms with Crippen molar-refractivity contribution in [1.29, 1.82) is 0 Å². The lowest BCUT2D eigenvalue weighted by molar-refractivity contribution is -0.141. The highest BCUT2D eigenvalue weighted by molar-refractivity contribution is 5.93. The number of Topliss-reactive ketones (excluding diaryl/α,β-unsaturated/α-hetero) is 1. The lowest BCUT2D eigenvalue weighted by Crippen LogP contribution is -2.57. The van der Waals surface area contributed by atoms with Crippen LogP contribution in [0.1, 0.15) is 84.3 Å². The van der Waals surface area contributed by atoms with Crippen molar-refractivity contribution in [3.63, 3.8) is 0 Å². The van der Waals surface area contributed by atoms with Gasteiger partial charge in [0.25, 0.3) is 5.92 Å². The van der Waals surface area contributed by atoms with Crippen LogP contribution in [0.4, 0.5) is 26.7 Å². The average Bonchev–Trinajstić information content (AvgIpc) is 3.58. The van der Waals surface area contributed by atoms with Crippen LogP contribution in [-0.4, -0.2) is 65.6 Å². The number of pyridine rings is 1. The molecule has 9 nitrogen and oxygen atoms in total. The third-order valence-electron chi connectivity index (χ3n) is 11.0. The molecule has 0 spiro atoms. The molecule has 3 fully saturated rings. The Morgan fingerprint density at radius 1 is 1.06 bits per heavy atom. The number of ether oxygens (including phenoxy) is 3. The van der Waals surface area contributed by atoms with Crippen molar-refractivity contribution < 1.29 is 50.5 Å². The van der Waals surface area contributed by atoms with Gasteiger partial charge in [-0.05, 0) is 67.9 Å². The molecule has 274 valence electrons. The van der Waals surface area contributed by atoms with Gasteiger partial charge in [-0.2, -0.15) is 13.2 Å². The van der Waals surface area contributed by atoms with E-state index >= 15 is 8.78 Å². The minimum atomic E-state index is -5.22. The number of carbonyl (C=O) groups is 3. The summed E-state index contributed by atoms with van der Waals surface area (Å²) >= 11 is 0. The Balaban J connectivity index is 1.49. The molecule has 50 heavy (non-hydrogen) atoms. The van der Waals surface area contributed by atoms with Crippen molar-refractivity contribution in [1.82, 2.24) is 15.2 Å². The van der Waals surface area contributed by atoms with Gasteiger partial charge in [0, 0.05) is 23.8 Å². The number of ketones is 1. The SMILES string of the molecule is COc1ccc2c(C(F)(F)F)c3c(nc2c1)O[C@H]1CN(C(=O)[C@H](C(C)(C)C)NC(=O)O[C@@H]2CC4CC4[C@H]2CCCCC3(F)F)[C@H](C(C)=O)C1C. The number of hydrogen-bond acceptors (Lipinski definition) is 7. The Kier molecular flexibility index (Phi) is 9.24. The number of nitrogens with zero attached hydrogens (tertiary/aromatic N) is 2. The maximum absolute atomic E-state index is 16.4. The molecule has 1 aromatic heterocycles. The van der Waals surface area contributed by atoms with Gasteiger partial charge in [-0.25, -0.2) is 18.6 Å². The maximum atomic E-state index is 16.4. The van der Waals surface area contributed by atoms with Gasteiger partial charge in [0.15, 0.2) is 5.78 Å². The molecule has 2 amide bonds. The number of aromatic nitrogens is 1. The van der Waals surface area contributed by atoms with E-state index in [-0.39, 0.29) is 42.5 Å². The van der Waals surface area contributed by atoms with Crippen molar-refractivity contribution in [3.05, 3.63) is 29.3 Å². The molecule has 2 aliphatic heterocycles. The number of halogens is 5. The quantitative estimate of drug-likeness (QED) is 0.327. The third-order valence-corrected chi connectivity index (χ3v) is 11.0. The number of fused-ring (bicyclic) bond motifs is 7. The van der Waals surface area contributed by atoms with Crippen molar-refractivity contribution in [2.24, 2.45) is 29.1 Å². The molecule has 0 radical (unpaired) electrons. The smallest absolute Gasteiger partial charge is 0.417 e. The van der Waals surface area contributed by atoms with Crippen molar-refractivity contribution in [2.45, 2.75) is 110 Å². The molecule has 3 unspecified atom stereocenters. The van der Waals surface area contributed by atoms with E-state index in [1.165, 1.54) is 31.1 Å². The number of methoxy groups -OCH3 is 1. The fourth-order valence-electron chi connectivity index (χ4n) is 8.44. The molecule has 2 bridgehead atoms. The molecule has 3 heterocycles. The first-order chi connectivity index (χ1) is 23.3. The van der Waals surface area contributed by atoms with Crippen LogP contribution in [-0.2, 0) is 26.4 Å². The number of nitrogens with one attached hydrogen (secondary N) is 1. The molecule has 8 atom stereocenters. The van der Waals surface area contributed by atoms with E-state index in [2.05, 4.69) is 10.3 Å². The van der Waals surface area contributed by atoms with Crippen molar-refractivity contribution in [3.8, 4) is 11.6 Å². The Morgan fingerprint density at radius 2 is 1.78 bits per heavy atom. The lowest BCUT2D eigenvalue weighted by Gasteiger charge is -2.35. The van der Waals surface area contributed by atoms with Crippen LogP contribution in [0.15, 0.2) is 18.2 Å². The molecule has 4 aliphatic rings. The zero-order chi connectivity index (χ0) is 36.5. The van der Waals surface area contributed by atoms with E-state index in [0.29, 0.717) is 18.8 Å². The van der Waals surface area contributed by atoms with Gasteiger partial charge in [0.1, 0.15) is 24.0 Å². The van der Waals surface area contributed by atoms with Gasteiger partial charge in [-0.3, -0.25) is 9.59 Å². The number of alkyl halides is 5. The summed E-state index contributed by atoms with van der Waals surface area (Å²) in [5, 5.41) is 2.21. The molecule has 1 aromatic carbocycles. The second-order valence-corrected chi connectivity index (χ2v) is 15.5. The largest absolute Gasteiger partial charge is 0.497 e. The average molecular weight is 710 g/mol. The molecule has 2 aromatic rings. The second-order valence-electron chi connectivity index (χ2n) is 15.5. The predicted octanol–water partition coefficient (Wildman–Crippen LogP) is 7.28. The first-order valence-corrected chi connectivity index (χ1v) is 17.2. The highest BCUT2D eigenvalue weighted by Gasteiger charge is 2.55. The van der Waals surface area contributed by atoms with Gasteiger partial charge < -0.3 is 24.4 Å². The van der Waals surface area contributed by atoms with Crippen LogP contribution < -0.4 is 14.8 Å². The van der Waals surface area contributed by atoms with Crippen LogP contribution in [0.2, 0.25) is 0 Å². The van der Waals surface area contributed by atoms with Gasteiger partial charge in [0.05, 0.1) is 36.3 Å². The van der Waals surface area contributed by atoms with E-state index in [1.54, 1.807) is 27.7 Å². The normalized spacial score (nSPS) is 31.7. The zero-order valence-corrected chi connectivity index (χ0v) is 29.0. The van der Waals surface area contributed by atoms with Crippen molar-refractivity contribution in [2.75, 3.05) is 13.7 Å². The molecule has 6 rings (SSSR count). The fraction of sp³-hybridized carbons (Fsp3) is 0.667. The summed E-state index contributed by atoms with van der Waals surface area (Å²) in [5.74, 6) is -6.14. The molecule has 1 saturated heterocycles. The van der Waals surface area contributed by atoms with E-state index < -0.39 is 94.3 Å². The number of alkyl carbamates (subject to hydrolysis) is 1.